The zero-order valence-corrected chi connectivity index (χ0v) is 24.6. The maximum absolute atomic E-state index is 12.4. The maximum Gasteiger partial charge on any atom is 0.294 e. The second-order valence-electron chi connectivity index (χ2n) is 9.18. The fraction of sp³-hybridized carbons (Fsp3) is 0.214. The molecule has 2 aromatic carbocycles. The Balaban J connectivity index is 0.000000310. The fourth-order valence-electron chi connectivity index (χ4n) is 3.83. The molecule has 1 amide bonds. The number of hydrogen-bond donors (Lipinski definition) is 4. The molecular weight excluding hydrogens is 582 g/mol. The van der Waals surface area contributed by atoms with Crippen LogP contribution >= 0.6 is 11.3 Å². The van der Waals surface area contributed by atoms with E-state index in [1.54, 1.807) is 19.1 Å². The van der Waals surface area contributed by atoms with Crippen molar-refractivity contribution >= 4 is 43.3 Å². The number of anilines is 1. The van der Waals surface area contributed by atoms with Crippen LogP contribution in [-0.4, -0.2) is 52.3 Å². The summed E-state index contributed by atoms with van der Waals surface area (Å²) in [5, 5.41) is 22.1. The van der Waals surface area contributed by atoms with Crippen LogP contribution in [0.15, 0.2) is 63.4 Å². The molecule has 0 unspecified atom stereocenters. The smallest absolute Gasteiger partial charge is 0.294 e. The topological polar surface area (TPSA) is 191 Å². The zero-order chi connectivity index (χ0) is 30.4. The van der Waals surface area contributed by atoms with Crippen LogP contribution in [0, 0.1) is 20.8 Å². The quantitative estimate of drug-likeness (QED) is 0.185. The Bertz CT molecular complexity index is 1820. The number of nitrogens with one attached hydrogen (secondary N) is 1. The number of thiophene rings is 1. The van der Waals surface area contributed by atoms with Gasteiger partial charge in [-0.15, -0.1) is 21.5 Å². The van der Waals surface area contributed by atoms with E-state index in [1.807, 2.05) is 37.4 Å². The van der Waals surface area contributed by atoms with E-state index in [9.17, 15) is 13.2 Å². The van der Waals surface area contributed by atoms with Gasteiger partial charge >= 0.3 is 0 Å². The average Bonchev–Trinajstić information content (AvgIpc) is 3.58. The fourth-order valence-corrected chi connectivity index (χ4v) is 5.38. The molecule has 0 aliphatic carbocycles. The number of aryl methyl sites for hydroxylation is 3. The molecule has 5 rings (SSSR count). The number of carbonyl (C=O) groups excluding carboxylic acids is 1. The number of nitrogens with two attached hydrogens (primary N) is 1. The number of aromatic nitrogens is 3. The number of carbonyl (C=O) groups is 1. The molecule has 5 N–H and O–H groups in total. The highest BCUT2D eigenvalue weighted by molar-refractivity contribution is 7.85. The third-order valence-corrected chi connectivity index (χ3v) is 7.94. The lowest BCUT2D eigenvalue weighted by atomic mass is 10.1. The minimum atomic E-state index is -4.02. The molecule has 3 heterocycles. The molecule has 5 aromatic rings. The molecule has 0 aliphatic rings. The van der Waals surface area contributed by atoms with E-state index >= 15 is 0 Å². The van der Waals surface area contributed by atoms with Crippen molar-refractivity contribution < 1.29 is 32.0 Å². The van der Waals surface area contributed by atoms with E-state index in [0.29, 0.717) is 34.3 Å². The number of hydrogen-bond acceptors (Lipinski definition) is 11. The molecule has 220 valence electrons. The highest BCUT2D eigenvalue weighted by Crippen LogP contribution is 2.34. The SMILES string of the molecule is Cc1ccc(S(=O)(=O)O)cc1.Cc1nnc(-c2ccc(C)c(OCc3csc4c(C(=O)NCCO)cnc(N)c34)c2)o1. The van der Waals surface area contributed by atoms with E-state index < -0.39 is 10.1 Å². The monoisotopic (exact) mass is 611 g/mol. The van der Waals surface area contributed by atoms with Crippen LogP contribution in [0.2, 0.25) is 0 Å². The standard InChI is InChI=1S/C21H21N5O4S.C7H8O3S/c1-11-3-4-13(21-26-25-12(2)30-21)7-16(11)29-9-14-10-31-18-15(20(28)23-5-6-27)8-24-19(22)17(14)18;1-6-2-4-7(5-3-6)11(8,9)10/h3-4,7-8,10,27H,5-6,9H2,1-2H3,(H2,22,24)(H,23,28);2-5H,1H3,(H,8,9,10). The number of fused-ring (bicyclic) bond motifs is 1. The third kappa shape index (κ3) is 7.28. The van der Waals surface area contributed by atoms with Crippen molar-refractivity contribution in [2.45, 2.75) is 32.3 Å². The lowest BCUT2D eigenvalue weighted by molar-refractivity contribution is 0.0946. The zero-order valence-electron chi connectivity index (χ0n) is 23.0. The van der Waals surface area contributed by atoms with E-state index in [-0.39, 0.29) is 30.6 Å². The van der Waals surface area contributed by atoms with Crippen molar-refractivity contribution in [3.8, 4) is 17.2 Å². The van der Waals surface area contributed by atoms with Crippen molar-refractivity contribution in [3.05, 3.63) is 82.2 Å². The first-order valence-corrected chi connectivity index (χ1v) is 14.9. The van der Waals surface area contributed by atoms with Gasteiger partial charge in [-0.3, -0.25) is 9.35 Å². The first-order valence-electron chi connectivity index (χ1n) is 12.6. The summed E-state index contributed by atoms with van der Waals surface area (Å²) in [7, 11) is -4.02. The third-order valence-electron chi connectivity index (χ3n) is 6.01. The molecule has 42 heavy (non-hydrogen) atoms. The van der Waals surface area contributed by atoms with E-state index in [0.717, 1.165) is 27.0 Å². The van der Waals surface area contributed by atoms with Crippen LogP contribution in [0.3, 0.4) is 0 Å². The number of ether oxygens (including phenoxy) is 1. The Kier molecular flexibility index (Phi) is 9.52. The second kappa shape index (κ2) is 13.1. The number of amides is 1. The number of rotatable bonds is 8. The van der Waals surface area contributed by atoms with Crippen molar-refractivity contribution in [1.82, 2.24) is 20.5 Å². The van der Waals surface area contributed by atoms with Crippen molar-refractivity contribution in [2.75, 3.05) is 18.9 Å². The molecule has 12 nitrogen and oxygen atoms in total. The van der Waals surface area contributed by atoms with Crippen LogP contribution in [0.5, 0.6) is 5.75 Å². The minimum absolute atomic E-state index is 0.0666. The van der Waals surface area contributed by atoms with Gasteiger partial charge in [-0.05, 0) is 49.1 Å². The van der Waals surface area contributed by atoms with Crippen LogP contribution in [0.25, 0.3) is 21.5 Å². The van der Waals surface area contributed by atoms with Gasteiger partial charge in [0.1, 0.15) is 18.2 Å². The first-order chi connectivity index (χ1) is 20.0. The van der Waals surface area contributed by atoms with E-state index in [2.05, 4.69) is 20.5 Å². The summed E-state index contributed by atoms with van der Waals surface area (Å²) in [6.45, 7) is 5.81. The summed E-state index contributed by atoms with van der Waals surface area (Å²) in [5.74, 6) is 1.62. The predicted octanol–water partition coefficient (Wildman–Crippen LogP) is 4.09. The summed E-state index contributed by atoms with van der Waals surface area (Å²) in [6.07, 6.45) is 1.45. The largest absolute Gasteiger partial charge is 0.489 e. The van der Waals surface area contributed by atoms with Crippen LogP contribution in [0.4, 0.5) is 5.82 Å². The highest BCUT2D eigenvalue weighted by atomic mass is 32.2. The predicted molar refractivity (Wildman–Crippen MR) is 158 cm³/mol. The number of benzene rings is 2. The lowest BCUT2D eigenvalue weighted by Crippen LogP contribution is -2.26. The van der Waals surface area contributed by atoms with Gasteiger partial charge in [-0.25, -0.2) is 4.98 Å². The second-order valence-corrected chi connectivity index (χ2v) is 11.5. The van der Waals surface area contributed by atoms with Gasteiger partial charge in [-0.1, -0.05) is 23.8 Å². The summed E-state index contributed by atoms with van der Waals surface area (Å²) in [6, 6.07) is 11.7. The van der Waals surface area contributed by atoms with Crippen molar-refractivity contribution in [2.24, 2.45) is 0 Å². The number of nitrogen functional groups attached to an aromatic ring is 1. The molecule has 0 radical (unpaired) electrons. The Hall–Kier alpha value is -4.37. The average molecular weight is 612 g/mol. The maximum atomic E-state index is 12.4. The van der Waals surface area contributed by atoms with Gasteiger partial charge in [-0.2, -0.15) is 8.42 Å². The van der Waals surface area contributed by atoms with Gasteiger partial charge in [0.2, 0.25) is 11.8 Å². The Morgan fingerprint density at radius 2 is 1.86 bits per heavy atom. The van der Waals surface area contributed by atoms with Gasteiger partial charge in [0.15, 0.2) is 0 Å². The Morgan fingerprint density at radius 1 is 1.12 bits per heavy atom. The normalized spacial score (nSPS) is 11.2. The lowest BCUT2D eigenvalue weighted by Gasteiger charge is -2.11. The summed E-state index contributed by atoms with van der Waals surface area (Å²) in [5.41, 5.74) is 10.0. The summed E-state index contributed by atoms with van der Waals surface area (Å²) >= 11 is 1.40. The minimum Gasteiger partial charge on any atom is -0.489 e. The number of nitrogens with zero attached hydrogens (tertiary/aromatic N) is 3. The first kappa shape index (κ1) is 30.6. The molecule has 3 aromatic heterocycles. The molecule has 0 saturated carbocycles. The van der Waals surface area contributed by atoms with Crippen LogP contribution < -0.4 is 15.8 Å². The van der Waals surface area contributed by atoms with Gasteiger partial charge in [0.25, 0.3) is 16.0 Å². The van der Waals surface area contributed by atoms with Crippen molar-refractivity contribution in [1.29, 1.82) is 0 Å². The van der Waals surface area contributed by atoms with Crippen molar-refractivity contribution in [3.63, 3.8) is 0 Å². The van der Waals surface area contributed by atoms with Crippen LogP contribution in [-0.2, 0) is 16.7 Å². The molecule has 0 fully saturated rings. The molecule has 14 heteroatoms. The van der Waals surface area contributed by atoms with E-state index in [4.69, 9.17) is 24.5 Å². The molecule has 0 atom stereocenters. The molecular formula is C28H29N5O7S2. The van der Waals surface area contributed by atoms with Gasteiger partial charge in [0, 0.05) is 36.2 Å². The van der Waals surface area contributed by atoms with Crippen LogP contribution in [0.1, 0.15) is 32.9 Å². The highest BCUT2D eigenvalue weighted by Gasteiger charge is 2.18. The van der Waals surface area contributed by atoms with E-state index in [1.165, 1.54) is 29.7 Å². The number of aliphatic hydroxyl groups is 1. The van der Waals surface area contributed by atoms with Gasteiger partial charge in [0.05, 0.1) is 21.8 Å². The molecule has 0 spiro atoms. The Morgan fingerprint density at radius 3 is 2.50 bits per heavy atom. The molecule has 0 aliphatic heterocycles. The summed E-state index contributed by atoms with van der Waals surface area (Å²) < 4.78 is 41.9. The molecule has 0 saturated heterocycles. The summed E-state index contributed by atoms with van der Waals surface area (Å²) in [4.78, 5) is 16.5. The number of pyridine rings is 1. The Labute approximate surface area is 245 Å². The number of aliphatic hydroxyl groups excluding tert-OH is 1. The van der Waals surface area contributed by atoms with Gasteiger partial charge < -0.3 is 25.3 Å². The molecule has 0 bridgehead atoms.